The van der Waals surface area contributed by atoms with Crippen LogP contribution in [0.2, 0.25) is 0 Å². The molecule has 3 N–H and O–H groups in total. The Morgan fingerprint density at radius 2 is 2.60 bits per heavy atom. The number of hydrogen-bond acceptors (Lipinski definition) is 3. The minimum absolute atomic E-state index is 0.0283. The number of hydroxylamine groups is 1. The van der Waals surface area contributed by atoms with Crippen LogP contribution in [-0.2, 0) is 4.84 Å². The second kappa shape index (κ2) is 6.29. The first-order chi connectivity index (χ1) is 4.81. The molecule has 1 atom stereocenters. The monoisotopic (exact) mass is 146 g/mol. The summed E-state index contributed by atoms with van der Waals surface area (Å²) in [5.41, 5.74) is 9.67. The molecule has 0 saturated carbocycles. The van der Waals surface area contributed by atoms with Crippen LogP contribution < -0.4 is 11.2 Å². The van der Waals surface area contributed by atoms with Gasteiger partial charge < -0.3 is 5.73 Å². The fourth-order valence-electron chi connectivity index (χ4n) is 0.290. The normalized spacial score (nSPS) is 11.8. The Balaban J connectivity index is 3.10. The van der Waals surface area contributed by atoms with Crippen LogP contribution in [0.5, 0.6) is 0 Å². The van der Waals surface area contributed by atoms with Crippen LogP contribution in [0.3, 0.4) is 0 Å². The van der Waals surface area contributed by atoms with E-state index >= 15 is 0 Å². The van der Waals surface area contributed by atoms with E-state index in [9.17, 15) is 4.39 Å². The molecule has 0 rings (SSSR count). The Hall–Kier alpha value is -0.830. The number of halogens is 1. The highest BCUT2D eigenvalue weighted by molar-refractivity contribution is 4.68. The predicted octanol–water partition coefficient (Wildman–Crippen LogP) is 0.103. The maximum absolute atomic E-state index is 12.2. The van der Waals surface area contributed by atoms with Gasteiger partial charge >= 0.3 is 0 Å². The zero-order valence-electron chi connectivity index (χ0n) is 5.64. The molecule has 0 spiro atoms. The summed E-state index contributed by atoms with van der Waals surface area (Å²) in [6.45, 7) is 3.17. The highest BCUT2D eigenvalue weighted by Gasteiger charge is 2.00. The van der Waals surface area contributed by atoms with Crippen LogP contribution in [0.25, 0.3) is 0 Å². The Kier molecular flexibility index (Phi) is 5.77. The summed E-state index contributed by atoms with van der Waals surface area (Å²) in [4.78, 5) is 4.56. The van der Waals surface area contributed by atoms with E-state index in [1.165, 1.54) is 6.20 Å². The fraction of sp³-hybridized carbons (Fsp3) is 0.500. The van der Waals surface area contributed by atoms with Crippen molar-refractivity contribution in [2.45, 2.75) is 6.17 Å². The van der Waals surface area contributed by atoms with Crippen molar-refractivity contribution in [2.24, 2.45) is 5.73 Å². The SMILES string of the molecule is C=C=CNOCC(F)CN. The lowest BCUT2D eigenvalue weighted by molar-refractivity contribution is 0.0336. The summed E-state index contributed by atoms with van der Waals surface area (Å²) in [5.74, 6) is 0. The molecule has 0 amide bonds. The summed E-state index contributed by atoms with van der Waals surface area (Å²) < 4.78 is 12.2. The fourth-order valence-corrected chi connectivity index (χ4v) is 0.290. The molecule has 4 heteroatoms. The van der Waals surface area contributed by atoms with Gasteiger partial charge in [0.05, 0.1) is 6.20 Å². The average Bonchev–Trinajstić information content (AvgIpc) is 1.98. The third-order valence-corrected chi connectivity index (χ3v) is 0.764. The minimum atomic E-state index is -1.12. The number of hydrogen-bond donors (Lipinski definition) is 2. The molecule has 0 aliphatic heterocycles. The highest BCUT2D eigenvalue weighted by atomic mass is 19.1. The first-order valence-electron chi connectivity index (χ1n) is 2.87. The number of nitrogens with one attached hydrogen (secondary N) is 1. The summed E-state index contributed by atoms with van der Waals surface area (Å²) in [6, 6.07) is 0. The molecule has 0 saturated heterocycles. The quantitative estimate of drug-likeness (QED) is 0.328. The van der Waals surface area contributed by atoms with Crippen molar-refractivity contribution in [1.29, 1.82) is 0 Å². The van der Waals surface area contributed by atoms with Crippen LogP contribution >= 0.6 is 0 Å². The molecule has 10 heavy (non-hydrogen) atoms. The van der Waals surface area contributed by atoms with Gasteiger partial charge in [0.25, 0.3) is 0 Å². The van der Waals surface area contributed by atoms with Crippen LogP contribution in [0.4, 0.5) is 4.39 Å². The topological polar surface area (TPSA) is 47.3 Å². The molecule has 1 unspecified atom stereocenters. The van der Waals surface area contributed by atoms with Crippen molar-refractivity contribution >= 4 is 0 Å². The molecule has 0 aliphatic rings. The molecule has 0 aromatic heterocycles. The van der Waals surface area contributed by atoms with Crippen molar-refractivity contribution in [3.63, 3.8) is 0 Å². The van der Waals surface area contributed by atoms with E-state index in [0.29, 0.717) is 0 Å². The Labute approximate surface area is 59.3 Å². The highest BCUT2D eigenvalue weighted by Crippen LogP contribution is 1.85. The molecule has 0 heterocycles. The maximum Gasteiger partial charge on any atom is 0.138 e. The molecule has 3 nitrogen and oxygen atoms in total. The molecule has 0 fully saturated rings. The van der Waals surface area contributed by atoms with E-state index in [1.54, 1.807) is 0 Å². The van der Waals surface area contributed by atoms with Gasteiger partial charge in [0, 0.05) is 6.54 Å². The summed E-state index contributed by atoms with van der Waals surface area (Å²) in [6.07, 6.45) is 0.217. The van der Waals surface area contributed by atoms with E-state index in [4.69, 9.17) is 5.73 Å². The predicted molar refractivity (Wildman–Crippen MR) is 36.7 cm³/mol. The average molecular weight is 146 g/mol. The molecule has 0 aliphatic carbocycles. The Morgan fingerprint density at radius 3 is 3.10 bits per heavy atom. The number of rotatable bonds is 5. The van der Waals surface area contributed by atoms with E-state index in [-0.39, 0.29) is 13.2 Å². The van der Waals surface area contributed by atoms with Crippen molar-refractivity contribution in [3.05, 3.63) is 18.5 Å². The van der Waals surface area contributed by atoms with Crippen molar-refractivity contribution in [3.8, 4) is 0 Å². The van der Waals surface area contributed by atoms with E-state index in [0.717, 1.165) is 0 Å². The standard InChI is InChI=1S/C6H11FN2O/c1-2-3-9-10-5-6(7)4-8/h3,6,9H,1,4-5,8H2. The van der Waals surface area contributed by atoms with Gasteiger partial charge in [-0.1, -0.05) is 6.58 Å². The van der Waals surface area contributed by atoms with Crippen molar-refractivity contribution < 1.29 is 9.23 Å². The van der Waals surface area contributed by atoms with Crippen LogP contribution in [-0.4, -0.2) is 19.3 Å². The molecule has 0 aromatic carbocycles. The summed E-state index contributed by atoms with van der Waals surface area (Å²) in [5, 5.41) is 0. The molecule has 58 valence electrons. The summed E-state index contributed by atoms with van der Waals surface area (Å²) >= 11 is 0. The van der Waals surface area contributed by atoms with E-state index in [1.807, 2.05) is 0 Å². The third kappa shape index (κ3) is 5.31. The first kappa shape index (κ1) is 9.17. The summed E-state index contributed by atoms with van der Waals surface area (Å²) in [7, 11) is 0. The van der Waals surface area contributed by atoms with Gasteiger partial charge in [-0.25, -0.2) is 4.39 Å². The van der Waals surface area contributed by atoms with E-state index in [2.05, 4.69) is 22.6 Å². The molecule has 0 bridgehead atoms. The lowest BCUT2D eigenvalue weighted by Crippen LogP contribution is -2.23. The number of nitrogens with two attached hydrogens (primary N) is 1. The minimum Gasteiger partial charge on any atom is -0.328 e. The van der Waals surface area contributed by atoms with Gasteiger partial charge in [-0.15, -0.1) is 5.73 Å². The van der Waals surface area contributed by atoms with Gasteiger partial charge in [-0.05, 0) is 0 Å². The lowest BCUT2D eigenvalue weighted by atomic mass is 10.4. The second-order valence-corrected chi connectivity index (χ2v) is 1.61. The Bertz CT molecular complexity index is 123. The van der Waals surface area contributed by atoms with Gasteiger partial charge in [-0.2, -0.15) is 0 Å². The first-order valence-corrected chi connectivity index (χ1v) is 2.87. The van der Waals surface area contributed by atoms with Crippen molar-refractivity contribution in [1.82, 2.24) is 5.48 Å². The van der Waals surface area contributed by atoms with Gasteiger partial charge in [0.1, 0.15) is 12.8 Å². The van der Waals surface area contributed by atoms with Crippen LogP contribution in [0.15, 0.2) is 18.5 Å². The molecule has 0 radical (unpaired) electrons. The number of alkyl halides is 1. The van der Waals surface area contributed by atoms with Crippen LogP contribution in [0, 0.1) is 0 Å². The maximum atomic E-state index is 12.2. The Morgan fingerprint density at radius 1 is 1.90 bits per heavy atom. The van der Waals surface area contributed by atoms with Gasteiger partial charge in [0.2, 0.25) is 0 Å². The third-order valence-electron chi connectivity index (χ3n) is 0.764. The molecular formula is C6H11FN2O. The van der Waals surface area contributed by atoms with E-state index < -0.39 is 6.17 Å². The van der Waals surface area contributed by atoms with Gasteiger partial charge in [-0.3, -0.25) is 10.3 Å². The zero-order valence-corrected chi connectivity index (χ0v) is 5.64. The lowest BCUT2D eigenvalue weighted by Gasteiger charge is -2.03. The zero-order chi connectivity index (χ0) is 7.82. The smallest absolute Gasteiger partial charge is 0.138 e. The second-order valence-electron chi connectivity index (χ2n) is 1.61. The van der Waals surface area contributed by atoms with Gasteiger partial charge in [0.15, 0.2) is 0 Å². The van der Waals surface area contributed by atoms with Crippen LogP contribution in [0.1, 0.15) is 0 Å². The molecule has 0 aromatic rings. The largest absolute Gasteiger partial charge is 0.328 e. The molecular weight excluding hydrogens is 135 g/mol. The van der Waals surface area contributed by atoms with Crippen molar-refractivity contribution in [2.75, 3.05) is 13.2 Å².